The van der Waals surface area contributed by atoms with E-state index in [4.69, 9.17) is 0 Å². The molecule has 1 fully saturated rings. The summed E-state index contributed by atoms with van der Waals surface area (Å²) in [5.74, 6) is 0. The topological polar surface area (TPSA) is 29.9 Å². The Hall–Kier alpha value is -1.04. The summed E-state index contributed by atoms with van der Waals surface area (Å²) in [6.07, 6.45) is -2.27. The van der Waals surface area contributed by atoms with E-state index >= 15 is 0 Å². The first-order chi connectivity index (χ1) is 7.47. The molecule has 0 saturated carbocycles. The van der Waals surface area contributed by atoms with Crippen molar-refractivity contribution in [3.63, 3.8) is 0 Å². The molecule has 2 rings (SSSR count). The quantitative estimate of drug-likeness (QED) is 0.846. The summed E-state index contributed by atoms with van der Waals surface area (Å²) < 4.78 is 38.6. The largest absolute Gasteiger partial charge is 0.435 e. The number of aryl methyl sites for hydroxylation is 1. The van der Waals surface area contributed by atoms with Crippen LogP contribution in [0.15, 0.2) is 6.07 Å². The van der Waals surface area contributed by atoms with Gasteiger partial charge in [-0.2, -0.15) is 18.3 Å². The average Bonchev–Trinajstić information content (AvgIpc) is 2.76. The molecule has 0 amide bonds. The van der Waals surface area contributed by atoms with Crippen LogP contribution in [0, 0.1) is 6.92 Å². The first kappa shape index (κ1) is 11.4. The van der Waals surface area contributed by atoms with Crippen LogP contribution in [0.4, 0.5) is 13.2 Å². The zero-order chi connectivity index (χ0) is 11.8. The monoisotopic (exact) mass is 233 g/mol. The zero-order valence-corrected chi connectivity index (χ0v) is 9.01. The zero-order valence-electron chi connectivity index (χ0n) is 9.01. The van der Waals surface area contributed by atoms with Gasteiger partial charge in [0.1, 0.15) is 0 Å². The molecule has 3 nitrogen and oxygen atoms in total. The molecule has 1 aliphatic heterocycles. The van der Waals surface area contributed by atoms with Gasteiger partial charge in [-0.05, 0) is 32.4 Å². The highest BCUT2D eigenvalue weighted by Gasteiger charge is 2.34. The average molecular weight is 233 g/mol. The van der Waals surface area contributed by atoms with Gasteiger partial charge in [-0.1, -0.05) is 0 Å². The minimum Gasteiger partial charge on any atom is -0.312 e. The lowest BCUT2D eigenvalue weighted by molar-refractivity contribution is -0.141. The Morgan fingerprint density at radius 3 is 2.81 bits per heavy atom. The van der Waals surface area contributed by atoms with Crippen molar-refractivity contribution >= 4 is 0 Å². The lowest BCUT2D eigenvalue weighted by Gasteiger charge is -2.11. The van der Waals surface area contributed by atoms with E-state index in [1.54, 1.807) is 6.92 Å². The van der Waals surface area contributed by atoms with E-state index in [1.807, 2.05) is 0 Å². The molecule has 1 aromatic heterocycles. The van der Waals surface area contributed by atoms with Crippen LogP contribution >= 0.6 is 0 Å². The number of hydrogen-bond donors (Lipinski definition) is 1. The second kappa shape index (κ2) is 4.08. The normalized spacial score (nSPS) is 21.6. The maximum Gasteiger partial charge on any atom is 0.435 e. The van der Waals surface area contributed by atoms with Gasteiger partial charge in [0.05, 0.1) is 6.54 Å². The van der Waals surface area contributed by atoms with Crippen molar-refractivity contribution < 1.29 is 13.2 Å². The van der Waals surface area contributed by atoms with Crippen molar-refractivity contribution in [2.24, 2.45) is 0 Å². The first-order valence-corrected chi connectivity index (χ1v) is 5.32. The number of alkyl halides is 3. The van der Waals surface area contributed by atoms with Gasteiger partial charge in [-0.15, -0.1) is 0 Å². The SMILES string of the molecule is Cc1cc(C(F)(F)F)nn1C[C@@H]1CCCN1. The second-order valence-corrected chi connectivity index (χ2v) is 4.14. The van der Waals surface area contributed by atoms with Crippen LogP contribution in [0.2, 0.25) is 0 Å². The number of nitrogens with zero attached hydrogens (tertiary/aromatic N) is 2. The predicted molar refractivity (Wildman–Crippen MR) is 53.0 cm³/mol. The molecule has 0 bridgehead atoms. The molecule has 1 N–H and O–H groups in total. The first-order valence-electron chi connectivity index (χ1n) is 5.32. The lowest BCUT2D eigenvalue weighted by Crippen LogP contribution is -2.27. The van der Waals surface area contributed by atoms with Crippen LogP contribution in [0.25, 0.3) is 0 Å². The van der Waals surface area contributed by atoms with E-state index in [9.17, 15) is 13.2 Å². The van der Waals surface area contributed by atoms with E-state index in [2.05, 4.69) is 10.4 Å². The summed E-state index contributed by atoms with van der Waals surface area (Å²) in [5, 5.41) is 6.83. The van der Waals surface area contributed by atoms with Crippen molar-refractivity contribution in [2.75, 3.05) is 6.54 Å². The van der Waals surface area contributed by atoms with Gasteiger partial charge in [0.15, 0.2) is 5.69 Å². The maximum absolute atomic E-state index is 12.4. The molecule has 0 aliphatic carbocycles. The third-order valence-corrected chi connectivity index (χ3v) is 2.83. The molecule has 0 aromatic carbocycles. The number of aromatic nitrogens is 2. The van der Waals surface area contributed by atoms with Crippen molar-refractivity contribution in [3.8, 4) is 0 Å². The summed E-state index contributed by atoms with van der Waals surface area (Å²) in [6, 6.07) is 1.34. The minimum atomic E-state index is -4.35. The second-order valence-electron chi connectivity index (χ2n) is 4.14. The molecule has 6 heteroatoms. The highest BCUT2D eigenvalue weighted by molar-refractivity contribution is 5.11. The van der Waals surface area contributed by atoms with Gasteiger partial charge in [0, 0.05) is 11.7 Å². The summed E-state index contributed by atoms with van der Waals surface area (Å²) >= 11 is 0. The summed E-state index contributed by atoms with van der Waals surface area (Å²) in [6.45, 7) is 3.11. The lowest BCUT2D eigenvalue weighted by atomic mass is 10.2. The molecule has 0 unspecified atom stereocenters. The van der Waals surface area contributed by atoms with Gasteiger partial charge in [0.2, 0.25) is 0 Å². The maximum atomic E-state index is 12.4. The summed E-state index contributed by atoms with van der Waals surface area (Å²) in [7, 11) is 0. The number of rotatable bonds is 2. The van der Waals surface area contributed by atoms with Crippen molar-refractivity contribution in [3.05, 3.63) is 17.5 Å². The smallest absolute Gasteiger partial charge is 0.312 e. The van der Waals surface area contributed by atoms with Crippen LogP contribution in [-0.4, -0.2) is 22.4 Å². The third-order valence-electron chi connectivity index (χ3n) is 2.83. The fraction of sp³-hybridized carbons (Fsp3) is 0.700. The molecular weight excluding hydrogens is 219 g/mol. The Balaban J connectivity index is 2.12. The van der Waals surface area contributed by atoms with Gasteiger partial charge in [-0.3, -0.25) is 4.68 Å². The molecule has 1 aliphatic rings. The molecule has 1 saturated heterocycles. The Bertz CT molecular complexity index is 364. The number of halogens is 3. The van der Waals surface area contributed by atoms with E-state index in [0.717, 1.165) is 25.5 Å². The number of nitrogens with one attached hydrogen (secondary N) is 1. The minimum absolute atomic E-state index is 0.250. The summed E-state index contributed by atoms with van der Waals surface area (Å²) in [4.78, 5) is 0. The van der Waals surface area contributed by atoms with Crippen molar-refractivity contribution in [1.29, 1.82) is 0 Å². The molecule has 1 atom stereocenters. The van der Waals surface area contributed by atoms with Crippen LogP contribution in [0.3, 0.4) is 0 Å². The van der Waals surface area contributed by atoms with Gasteiger partial charge < -0.3 is 5.32 Å². The van der Waals surface area contributed by atoms with Crippen molar-refractivity contribution in [1.82, 2.24) is 15.1 Å². The summed E-state index contributed by atoms with van der Waals surface area (Å²) in [5.41, 5.74) is -0.246. The predicted octanol–water partition coefficient (Wildman–Crippen LogP) is 1.96. The molecular formula is C10H14F3N3. The van der Waals surface area contributed by atoms with E-state index < -0.39 is 11.9 Å². The van der Waals surface area contributed by atoms with Gasteiger partial charge in [-0.25, -0.2) is 0 Å². The number of hydrogen-bond acceptors (Lipinski definition) is 2. The van der Waals surface area contributed by atoms with Crippen LogP contribution in [0.1, 0.15) is 24.2 Å². The van der Waals surface area contributed by atoms with E-state index in [-0.39, 0.29) is 6.04 Å². The van der Waals surface area contributed by atoms with Crippen LogP contribution in [0.5, 0.6) is 0 Å². The molecule has 2 heterocycles. The van der Waals surface area contributed by atoms with Gasteiger partial charge in [0.25, 0.3) is 0 Å². The standard InChI is InChI=1S/C10H14F3N3/c1-7-5-9(10(11,12)13)15-16(7)6-8-3-2-4-14-8/h5,8,14H,2-4,6H2,1H3/t8-/m0/s1. The third kappa shape index (κ3) is 2.37. The van der Waals surface area contributed by atoms with E-state index in [1.165, 1.54) is 4.68 Å². The Morgan fingerprint density at radius 1 is 1.56 bits per heavy atom. The highest BCUT2D eigenvalue weighted by atomic mass is 19.4. The Morgan fingerprint density at radius 2 is 2.31 bits per heavy atom. The fourth-order valence-electron chi connectivity index (χ4n) is 1.95. The molecule has 1 aromatic rings. The fourth-order valence-corrected chi connectivity index (χ4v) is 1.95. The van der Waals surface area contributed by atoms with Gasteiger partial charge >= 0.3 is 6.18 Å². The van der Waals surface area contributed by atoms with E-state index in [0.29, 0.717) is 12.2 Å². The molecule has 0 spiro atoms. The van der Waals surface area contributed by atoms with Crippen LogP contribution < -0.4 is 5.32 Å². The molecule has 90 valence electrons. The Labute approximate surface area is 91.6 Å². The highest BCUT2D eigenvalue weighted by Crippen LogP contribution is 2.28. The molecule has 0 radical (unpaired) electrons. The Kier molecular flexibility index (Phi) is 2.92. The van der Waals surface area contributed by atoms with Crippen molar-refractivity contribution in [2.45, 2.75) is 38.5 Å². The van der Waals surface area contributed by atoms with Crippen LogP contribution in [-0.2, 0) is 12.7 Å². The molecule has 16 heavy (non-hydrogen) atoms.